The van der Waals surface area contributed by atoms with Crippen molar-refractivity contribution < 1.29 is 4.43 Å². The van der Waals surface area contributed by atoms with E-state index < -0.39 is 8.32 Å². The van der Waals surface area contributed by atoms with Crippen molar-refractivity contribution in [3.8, 4) is 0 Å². The molecule has 1 nitrogen and oxygen atoms in total. The normalized spacial score (nSPS) is 34.1. The Hall–Kier alpha value is 0.877. The van der Waals surface area contributed by atoms with Crippen molar-refractivity contribution in [2.45, 2.75) is 104 Å². The third-order valence-corrected chi connectivity index (χ3v) is 13.1. The molecule has 0 heterocycles. The average Bonchev–Trinajstić information content (AvgIpc) is 2.50. The Morgan fingerprint density at radius 1 is 1.19 bits per heavy atom. The summed E-state index contributed by atoms with van der Waals surface area (Å²) in [4.78, 5) is 0. The molecule has 2 aliphatic carbocycles. The van der Waals surface area contributed by atoms with Crippen LogP contribution in [-0.2, 0) is 4.43 Å². The Bertz CT molecular complexity index is 507. The molecule has 0 spiro atoms. The van der Waals surface area contributed by atoms with Crippen LogP contribution < -0.4 is 0 Å². The lowest BCUT2D eigenvalue weighted by Crippen LogP contribution is -2.54. The highest BCUT2D eigenvalue weighted by molar-refractivity contribution is 9.28. The minimum absolute atomic E-state index is 0.301. The molecule has 0 aliphatic heterocycles. The average molecular weight is 508 g/mol. The smallest absolute Gasteiger partial charge is 0.192 e. The van der Waals surface area contributed by atoms with Crippen molar-refractivity contribution in [1.29, 1.82) is 0 Å². The largest absolute Gasteiger partial charge is 0.414 e. The lowest BCUT2D eigenvalue weighted by molar-refractivity contribution is -0.0862. The molecule has 26 heavy (non-hydrogen) atoms. The first kappa shape index (κ1) is 23.2. The zero-order chi connectivity index (χ0) is 19.8. The summed E-state index contributed by atoms with van der Waals surface area (Å²) in [5, 5.41) is 0.301. The molecule has 2 aliphatic rings. The van der Waals surface area contributed by atoms with E-state index in [1.807, 2.05) is 0 Å². The Kier molecular flexibility index (Phi) is 7.76. The lowest BCUT2D eigenvalue weighted by Gasteiger charge is -2.56. The van der Waals surface area contributed by atoms with Gasteiger partial charge < -0.3 is 4.43 Å². The third-order valence-electron chi connectivity index (χ3n) is 7.96. The van der Waals surface area contributed by atoms with Gasteiger partial charge in [-0.05, 0) is 105 Å². The molecule has 2 saturated carbocycles. The van der Waals surface area contributed by atoms with Crippen molar-refractivity contribution in [2.75, 3.05) is 0 Å². The summed E-state index contributed by atoms with van der Waals surface area (Å²) in [5.41, 5.74) is 0.454. The van der Waals surface area contributed by atoms with Crippen LogP contribution in [0.5, 0.6) is 0 Å². The standard InChI is InChI=1S/C22H40Br2OSi/c1-16(13-14-20(23)24)17-10-8-11-18-19(12-9-15-22(17,18)5)25-26(6,7)21(2,3)4/h14,16-19H,8-13,15H2,1-7H3/t16-,17-,18+,19?,22-/m1/s1. The molecular formula is C22H40Br2OSi. The van der Waals surface area contributed by atoms with Crippen molar-refractivity contribution in [3.05, 3.63) is 9.47 Å². The van der Waals surface area contributed by atoms with E-state index in [4.69, 9.17) is 4.43 Å². The van der Waals surface area contributed by atoms with Gasteiger partial charge in [0.1, 0.15) is 0 Å². The predicted octanol–water partition coefficient (Wildman–Crippen LogP) is 8.64. The maximum atomic E-state index is 7.02. The summed E-state index contributed by atoms with van der Waals surface area (Å²) >= 11 is 7.07. The Morgan fingerprint density at radius 2 is 1.85 bits per heavy atom. The van der Waals surface area contributed by atoms with Gasteiger partial charge in [-0.1, -0.05) is 53.5 Å². The Morgan fingerprint density at radius 3 is 2.42 bits per heavy atom. The van der Waals surface area contributed by atoms with Crippen LogP contribution in [0.4, 0.5) is 0 Å². The number of fused-ring (bicyclic) bond motifs is 1. The molecule has 152 valence electrons. The Balaban J connectivity index is 2.19. The molecule has 0 aromatic rings. The second-order valence-electron chi connectivity index (χ2n) is 10.7. The highest BCUT2D eigenvalue weighted by atomic mass is 79.9. The molecule has 0 aromatic carbocycles. The molecule has 0 amide bonds. The molecular weight excluding hydrogens is 468 g/mol. The maximum absolute atomic E-state index is 7.02. The van der Waals surface area contributed by atoms with Gasteiger partial charge in [-0.3, -0.25) is 0 Å². The molecule has 1 unspecified atom stereocenters. The second-order valence-corrected chi connectivity index (χ2v) is 18.2. The molecule has 4 heteroatoms. The fourth-order valence-electron chi connectivity index (χ4n) is 5.43. The highest BCUT2D eigenvalue weighted by Gasteiger charge is 2.52. The summed E-state index contributed by atoms with van der Waals surface area (Å²) in [6, 6.07) is 0. The predicted molar refractivity (Wildman–Crippen MR) is 125 cm³/mol. The molecule has 0 bridgehead atoms. The van der Waals surface area contributed by atoms with E-state index in [-0.39, 0.29) is 0 Å². The van der Waals surface area contributed by atoms with E-state index in [9.17, 15) is 0 Å². The number of halogens is 2. The third kappa shape index (κ3) is 5.07. The zero-order valence-corrected chi connectivity index (χ0v) is 22.2. The van der Waals surface area contributed by atoms with Gasteiger partial charge in [0, 0.05) is 6.10 Å². The van der Waals surface area contributed by atoms with Crippen LogP contribution in [0.2, 0.25) is 18.1 Å². The quantitative estimate of drug-likeness (QED) is 0.338. The summed E-state index contributed by atoms with van der Waals surface area (Å²) in [6.45, 7) is 17.1. The van der Waals surface area contributed by atoms with E-state index in [0.29, 0.717) is 16.6 Å². The first-order chi connectivity index (χ1) is 11.9. The van der Waals surface area contributed by atoms with Crippen molar-refractivity contribution >= 4 is 40.2 Å². The summed E-state index contributed by atoms with van der Waals surface area (Å²) in [6.07, 6.45) is 12.1. The van der Waals surface area contributed by atoms with Crippen LogP contribution >= 0.6 is 31.9 Å². The van der Waals surface area contributed by atoms with Gasteiger partial charge >= 0.3 is 0 Å². The Labute approximate surface area is 180 Å². The topological polar surface area (TPSA) is 9.23 Å². The zero-order valence-electron chi connectivity index (χ0n) is 18.0. The van der Waals surface area contributed by atoms with E-state index in [1.54, 1.807) is 0 Å². The van der Waals surface area contributed by atoms with Gasteiger partial charge in [0.05, 0.1) is 3.39 Å². The fourth-order valence-corrected chi connectivity index (χ4v) is 7.20. The van der Waals surface area contributed by atoms with Crippen LogP contribution in [0.15, 0.2) is 9.47 Å². The number of hydrogen-bond donors (Lipinski definition) is 0. The first-order valence-electron chi connectivity index (χ1n) is 10.6. The van der Waals surface area contributed by atoms with Gasteiger partial charge in [0.25, 0.3) is 0 Å². The van der Waals surface area contributed by atoms with Crippen LogP contribution in [0, 0.1) is 23.2 Å². The monoisotopic (exact) mass is 506 g/mol. The molecule has 0 radical (unpaired) electrons. The number of allylic oxidation sites excluding steroid dienone is 1. The van der Waals surface area contributed by atoms with Gasteiger partial charge in [0.15, 0.2) is 8.32 Å². The van der Waals surface area contributed by atoms with Crippen molar-refractivity contribution in [2.24, 2.45) is 23.2 Å². The van der Waals surface area contributed by atoms with E-state index in [0.717, 1.165) is 27.6 Å². The molecule has 0 saturated heterocycles. The molecule has 0 N–H and O–H groups in total. The van der Waals surface area contributed by atoms with E-state index >= 15 is 0 Å². The summed E-state index contributed by atoms with van der Waals surface area (Å²) in [7, 11) is -1.70. The van der Waals surface area contributed by atoms with Crippen molar-refractivity contribution in [3.63, 3.8) is 0 Å². The summed E-state index contributed by atoms with van der Waals surface area (Å²) < 4.78 is 8.11. The van der Waals surface area contributed by atoms with Crippen LogP contribution in [0.25, 0.3) is 0 Å². The lowest BCUT2D eigenvalue weighted by atomic mass is 9.52. The number of hydrogen-bond acceptors (Lipinski definition) is 1. The molecule has 0 aromatic heterocycles. The van der Waals surface area contributed by atoms with Crippen molar-refractivity contribution in [1.82, 2.24) is 0 Å². The minimum atomic E-state index is -1.70. The van der Waals surface area contributed by atoms with E-state index in [2.05, 4.69) is 85.6 Å². The minimum Gasteiger partial charge on any atom is -0.414 e. The second kappa shape index (κ2) is 8.71. The van der Waals surface area contributed by atoms with Gasteiger partial charge in [0.2, 0.25) is 0 Å². The summed E-state index contributed by atoms with van der Waals surface area (Å²) in [5.74, 6) is 2.31. The van der Waals surface area contributed by atoms with E-state index in [1.165, 1.54) is 38.5 Å². The van der Waals surface area contributed by atoms with Gasteiger partial charge in [-0.15, -0.1) is 0 Å². The van der Waals surface area contributed by atoms with Crippen LogP contribution in [0.3, 0.4) is 0 Å². The number of rotatable bonds is 5. The molecule has 2 fully saturated rings. The molecule has 5 atom stereocenters. The fraction of sp³-hybridized carbons (Fsp3) is 0.909. The van der Waals surface area contributed by atoms with Crippen LogP contribution in [0.1, 0.15) is 79.6 Å². The maximum Gasteiger partial charge on any atom is 0.192 e. The van der Waals surface area contributed by atoms with Gasteiger partial charge in [-0.2, -0.15) is 0 Å². The van der Waals surface area contributed by atoms with Gasteiger partial charge in [-0.25, -0.2) is 0 Å². The van der Waals surface area contributed by atoms with Crippen LogP contribution in [-0.4, -0.2) is 14.4 Å². The first-order valence-corrected chi connectivity index (χ1v) is 15.1. The molecule has 2 rings (SSSR count). The SMILES string of the molecule is C[C@H](CC=C(Br)Br)[C@H]1CCC[C@H]2C(O[Si](C)(C)C(C)(C)C)CCC[C@]12C. The highest BCUT2D eigenvalue weighted by Crippen LogP contribution is 2.57.